The predicted molar refractivity (Wildman–Crippen MR) is 75.7 cm³/mol. The van der Waals surface area contributed by atoms with Crippen molar-refractivity contribution in [3.8, 4) is 0 Å². The van der Waals surface area contributed by atoms with Crippen molar-refractivity contribution in [3.63, 3.8) is 0 Å². The Hall–Kier alpha value is -0.830. The monoisotopic (exact) mass is 259 g/mol. The summed E-state index contributed by atoms with van der Waals surface area (Å²) in [7, 11) is 0. The Morgan fingerprint density at radius 2 is 1.84 bits per heavy atom. The van der Waals surface area contributed by atoms with E-state index >= 15 is 0 Å². The van der Waals surface area contributed by atoms with Crippen molar-refractivity contribution in [2.24, 2.45) is 29.4 Å². The molecule has 3 nitrogen and oxygen atoms in total. The van der Waals surface area contributed by atoms with Crippen molar-refractivity contribution in [2.75, 3.05) is 0 Å². The highest BCUT2D eigenvalue weighted by molar-refractivity contribution is 5.12. The standard InChI is InChI=1S/C16H25N3/c1-10(17)9-19-3-2-18-16(19)15-13-5-11-4-12(7-13)8-14(15)6-11/h2-3,10-15H,4-9,17H2,1H3. The van der Waals surface area contributed by atoms with Gasteiger partial charge in [0, 0.05) is 30.9 Å². The maximum absolute atomic E-state index is 5.98. The molecule has 1 aromatic heterocycles. The van der Waals surface area contributed by atoms with Gasteiger partial charge in [-0.25, -0.2) is 4.98 Å². The van der Waals surface area contributed by atoms with Crippen LogP contribution < -0.4 is 5.73 Å². The Labute approximate surface area is 115 Å². The fraction of sp³-hybridized carbons (Fsp3) is 0.812. The van der Waals surface area contributed by atoms with Crippen LogP contribution in [0.15, 0.2) is 12.4 Å². The minimum atomic E-state index is 0.213. The van der Waals surface area contributed by atoms with Gasteiger partial charge in [-0.2, -0.15) is 0 Å². The smallest absolute Gasteiger partial charge is 0.112 e. The van der Waals surface area contributed by atoms with E-state index in [0.717, 1.165) is 36.1 Å². The largest absolute Gasteiger partial charge is 0.333 e. The maximum atomic E-state index is 5.98. The summed E-state index contributed by atoms with van der Waals surface area (Å²) in [5.74, 6) is 5.95. The molecule has 1 atom stereocenters. The molecule has 0 aliphatic heterocycles. The van der Waals surface area contributed by atoms with Crippen LogP contribution in [0, 0.1) is 23.7 Å². The third-order valence-corrected chi connectivity index (χ3v) is 5.76. The van der Waals surface area contributed by atoms with Gasteiger partial charge in [-0.3, -0.25) is 0 Å². The molecule has 0 aromatic carbocycles. The minimum absolute atomic E-state index is 0.213. The van der Waals surface area contributed by atoms with Crippen LogP contribution in [0.4, 0.5) is 0 Å². The molecule has 4 aliphatic rings. The molecule has 5 rings (SSSR count). The number of rotatable bonds is 3. The molecule has 104 valence electrons. The highest BCUT2D eigenvalue weighted by Gasteiger charge is 2.49. The lowest BCUT2D eigenvalue weighted by Gasteiger charge is -2.54. The topological polar surface area (TPSA) is 43.8 Å². The Bertz CT molecular complexity index is 434. The van der Waals surface area contributed by atoms with Crippen molar-refractivity contribution >= 4 is 0 Å². The van der Waals surface area contributed by atoms with Gasteiger partial charge in [-0.1, -0.05) is 0 Å². The van der Waals surface area contributed by atoms with Crippen molar-refractivity contribution < 1.29 is 0 Å². The molecule has 1 unspecified atom stereocenters. The number of aromatic nitrogens is 2. The third kappa shape index (κ3) is 1.94. The zero-order chi connectivity index (χ0) is 13.0. The Morgan fingerprint density at radius 1 is 1.21 bits per heavy atom. The quantitative estimate of drug-likeness (QED) is 0.907. The van der Waals surface area contributed by atoms with E-state index in [1.165, 1.54) is 37.9 Å². The van der Waals surface area contributed by atoms with Gasteiger partial charge in [0.05, 0.1) is 0 Å². The third-order valence-electron chi connectivity index (χ3n) is 5.76. The SMILES string of the molecule is CC(N)Cn1ccnc1C1C2CC3CC(C2)CC1C3. The molecule has 0 saturated heterocycles. The van der Waals surface area contributed by atoms with Crippen LogP contribution in [0.25, 0.3) is 0 Å². The zero-order valence-corrected chi connectivity index (χ0v) is 11.8. The number of hydrogen-bond donors (Lipinski definition) is 1. The van der Waals surface area contributed by atoms with Crippen LogP contribution in [0.1, 0.15) is 50.8 Å². The second-order valence-electron chi connectivity index (χ2n) is 7.37. The van der Waals surface area contributed by atoms with Crippen LogP contribution in [0.5, 0.6) is 0 Å². The van der Waals surface area contributed by atoms with Gasteiger partial charge in [-0.15, -0.1) is 0 Å². The van der Waals surface area contributed by atoms with Gasteiger partial charge in [0.15, 0.2) is 0 Å². The molecule has 4 fully saturated rings. The van der Waals surface area contributed by atoms with E-state index in [-0.39, 0.29) is 6.04 Å². The first-order chi connectivity index (χ1) is 9.20. The molecule has 1 heterocycles. The van der Waals surface area contributed by atoms with Crippen molar-refractivity contribution in [3.05, 3.63) is 18.2 Å². The predicted octanol–water partition coefficient (Wildman–Crippen LogP) is 2.77. The van der Waals surface area contributed by atoms with E-state index in [2.05, 4.69) is 17.7 Å². The average molecular weight is 259 g/mol. The molecule has 4 bridgehead atoms. The normalized spacial score (nSPS) is 41.7. The van der Waals surface area contributed by atoms with Gasteiger partial charge >= 0.3 is 0 Å². The number of imidazole rings is 1. The maximum Gasteiger partial charge on any atom is 0.112 e. The Balaban J connectivity index is 1.64. The van der Waals surface area contributed by atoms with Crippen molar-refractivity contribution in [1.29, 1.82) is 0 Å². The summed E-state index contributed by atoms with van der Waals surface area (Å²) in [6, 6.07) is 0.213. The van der Waals surface area contributed by atoms with Crippen LogP contribution in [0.3, 0.4) is 0 Å². The van der Waals surface area contributed by atoms with Gasteiger partial charge in [0.2, 0.25) is 0 Å². The molecule has 2 N–H and O–H groups in total. The number of nitrogens with two attached hydrogens (primary N) is 1. The molecular weight excluding hydrogens is 234 g/mol. The first kappa shape index (κ1) is 12.0. The van der Waals surface area contributed by atoms with E-state index in [1.54, 1.807) is 0 Å². The molecule has 0 amide bonds. The lowest BCUT2D eigenvalue weighted by molar-refractivity contribution is -0.00682. The van der Waals surface area contributed by atoms with E-state index in [4.69, 9.17) is 10.7 Å². The summed E-state index contributed by atoms with van der Waals surface area (Å²) in [6.07, 6.45) is 11.5. The molecular formula is C16H25N3. The minimum Gasteiger partial charge on any atom is -0.333 e. The van der Waals surface area contributed by atoms with Gasteiger partial charge in [0.1, 0.15) is 5.82 Å². The first-order valence-corrected chi connectivity index (χ1v) is 7.97. The molecule has 3 heteroatoms. The fourth-order valence-electron chi connectivity index (χ4n) is 5.43. The summed E-state index contributed by atoms with van der Waals surface area (Å²) >= 11 is 0. The van der Waals surface area contributed by atoms with Gasteiger partial charge in [-0.05, 0) is 62.7 Å². The van der Waals surface area contributed by atoms with Crippen LogP contribution in [-0.4, -0.2) is 15.6 Å². The molecule has 1 aromatic rings. The molecule has 4 saturated carbocycles. The molecule has 0 radical (unpaired) electrons. The zero-order valence-electron chi connectivity index (χ0n) is 11.8. The van der Waals surface area contributed by atoms with Crippen LogP contribution in [0.2, 0.25) is 0 Å². The van der Waals surface area contributed by atoms with Crippen molar-refractivity contribution in [2.45, 2.75) is 57.5 Å². The van der Waals surface area contributed by atoms with E-state index in [1.807, 2.05) is 6.20 Å². The lowest BCUT2D eigenvalue weighted by Crippen LogP contribution is -2.44. The van der Waals surface area contributed by atoms with Gasteiger partial charge in [0.25, 0.3) is 0 Å². The Kier molecular flexibility index (Phi) is 2.73. The van der Waals surface area contributed by atoms with E-state index in [9.17, 15) is 0 Å². The lowest BCUT2D eigenvalue weighted by atomic mass is 9.51. The fourth-order valence-corrected chi connectivity index (χ4v) is 5.43. The molecule has 19 heavy (non-hydrogen) atoms. The summed E-state index contributed by atoms with van der Waals surface area (Å²) in [5.41, 5.74) is 5.98. The molecule has 4 aliphatic carbocycles. The van der Waals surface area contributed by atoms with E-state index < -0.39 is 0 Å². The second kappa shape index (κ2) is 4.34. The summed E-state index contributed by atoms with van der Waals surface area (Å²) < 4.78 is 2.33. The number of nitrogens with zero attached hydrogens (tertiary/aromatic N) is 2. The van der Waals surface area contributed by atoms with Crippen LogP contribution in [-0.2, 0) is 6.54 Å². The number of hydrogen-bond acceptors (Lipinski definition) is 2. The Morgan fingerprint density at radius 3 is 2.42 bits per heavy atom. The molecule has 0 spiro atoms. The highest BCUT2D eigenvalue weighted by atomic mass is 15.1. The summed E-state index contributed by atoms with van der Waals surface area (Å²) in [4.78, 5) is 4.72. The summed E-state index contributed by atoms with van der Waals surface area (Å²) in [6.45, 7) is 3.00. The van der Waals surface area contributed by atoms with E-state index in [0.29, 0.717) is 0 Å². The second-order valence-corrected chi connectivity index (χ2v) is 7.37. The van der Waals surface area contributed by atoms with Crippen LogP contribution >= 0.6 is 0 Å². The van der Waals surface area contributed by atoms with Crippen molar-refractivity contribution in [1.82, 2.24) is 9.55 Å². The highest BCUT2D eigenvalue weighted by Crippen LogP contribution is 2.59. The summed E-state index contributed by atoms with van der Waals surface area (Å²) in [5, 5.41) is 0. The average Bonchev–Trinajstić information content (AvgIpc) is 2.75. The first-order valence-electron chi connectivity index (χ1n) is 7.97. The van der Waals surface area contributed by atoms with Gasteiger partial charge < -0.3 is 10.3 Å².